The molecule has 1 amide bonds. The number of nitro groups is 1. The van der Waals surface area contributed by atoms with E-state index in [0.29, 0.717) is 32.0 Å². The summed E-state index contributed by atoms with van der Waals surface area (Å²) < 4.78 is 5.71. The van der Waals surface area contributed by atoms with Gasteiger partial charge in [-0.15, -0.1) is 0 Å². The lowest BCUT2D eigenvalue weighted by atomic mass is 10.1. The van der Waals surface area contributed by atoms with Gasteiger partial charge in [0, 0.05) is 37.4 Å². The summed E-state index contributed by atoms with van der Waals surface area (Å²) in [6.45, 7) is 5.55. The van der Waals surface area contributed by atoms with Crippen LogP contribution >= 0.6 is 0 Å². The zero-order valence-electron chi connectivity index (χ0n) is 13.6. The van der Waals surface area contributed by atoms with Gasteiger partial charge in [-0.25, -0.2) is 4.79 Å². The minimum atomic E-state index is -1.31. The van der Waals surface area contributed by atoms with Gasteiger partial charge in [-0.2, -0.15) is 0 Å². The Morgan fingerprint density at radius 3 is 2.62 bits per heavy atom. The Kier molecular flexibility index (Phi) is 5.50. The third-order valence-corrected chi connectivity index (χ3v) is 3.72. The smallest absolute Gasteiger partial charge is 0.335 e. The number of nitro benzene ring substituents is 1. The molecule has 0 saturated carbocycles. The number of hydrogen-bond donors (Lipinski definition) is 1. The molecule has 1 N–H and O–H groups in total. The fourth-order valence-electron chi connectivity index (χ4n) is 2.52. The van der Waals surface area contributed by atoms with Crippen LogP contribution in [-0.4, -0.2) is 52.6 Å². The lowest BCUT2D eigenvalue weighted by Crippen LogP contribution is -2.30. The van der Waals surface area contributed by atoms with Crippen LogP contribution in [0.15, 0.2) is 18.2 Å². The summed E-state index contributed by atoms with van der Waals surface area (Å²) in [6.07, 6.45) is 0.633. The van der Waals surface area contributed by atoms with Crippen molar-refractivity contribution >= 4 is 17.6 Å². The molecular formula is C16H20N2O6. The summed E-state index contributed by atoms with van der Waals surface area (Å²) in [5.74, 6) is -1.34. The summed E-state index contributed by atoms with van der Waals surface area (Å²) in [5.41, 5.74) is -0.685. The van der Waals surface area contributed by atoms with Crippen molar-refractivity contribution in [1.82, 2.24) is 4.90 Å². The molecule has 1 saturated heterocycles. The zero-order valence-corrected chi connectivity index (χ0v) is 13.6. The maximum Gasteiger partial charge on any atom is 0.335 e. The second-order valence-corrected chi connectivity index (χ2v) is 6.22. The number of nitrogens with zero attached hydrogens (tertiary/aromatic N) is 2. The second-order valence-electron chi connectivity index (χ2n) is 6.22. The topological polar surface area (TPSA) is 110 Å². The van der Waals surface area contributed by atoms with Crippen molar-refractivity contribution in [3.8, 4) is 0 Å². The van der Waals surface area contributed by atoms with Crippen LogP contribution in [0.4, 0.5) is 5.69 Å². The van der Waals surface area contributed by atoms with Gasteiger partial charge in [-0.1, -0.05) is 13.8 Å². The first-order valence-electron chi connectivity index (χ1n) is 7.71. The molecule has 24 heavy (non-hydrogen) atoms. The number of carboxylic acids is 1. The van der Waals surface area contributed by atoms with Gasteiger partial charge in [0.2, 0.25) is 0 Å². The van der Waals surface area contributed by atoms with E-state index in [-0.39, 0.29) is 17.2 Å². The van der Waals surface area contributed by atoms with Crippen molar-refractivity contribution < 1.29 is 24.4 Å². The van der Waals surface area contributed by atoms with Gasteiger partial charge in [0.15, 0.2) is 0 Å². The normalized spacial score (nSPS) is 17.3. The van der Waals surface area contributed by atoms with Crippen molar-refractivity contribution in [2.75, 3.05) is 19.7 Å². The highest BCUT2D eigenvalue weighted by Gasteiger charge is 2.29. The Labute approximate surface area is 139 Å². The van der Waals surface area contributed by atoms with Gasteiger partial charge >= 0.3 is 5.97 Å². The molecule has 130 valence electrons. The van der Waals surface area contributed by atoms with Crippen LogP contribution < -0.4 is 0 Å². The maximum atomic E-state index is 12.5. The largest absolute Gasteiger partial charge is 0.478 e. The quantitative estimate of drug-likeness (QED) is 0.630. The van der Waals surface area contributed by atoms with E-state index in [1.54, 1.807) is 0 Å². The summed E-state index contributed by atoms with van der Waals surface area (Å²) in [6, 6.07) is 3.22. The lowest BCUT2D eigenvalue weighted by Gasteiger charge is -2.17. The SMILES string of the molecule is CC(C)COC1CCN(C(=O)c2cc(C(=O)O)cc([N+](=O)[O-])c2)C1. The Balaban J connectivity index is 2.15. The zero-order chi connectivity index (χ0) is 17.9. The number of non-ortho nitro benzene ring substituents is 1. The highest BCUT2D eigenvalue weighted by Crippen LogP contribution is 2.22. The number of amides is 1. The average Bonchev–Trinajstić information content (AvgIpc) is 3.00. The number of carboxylic acid groups (broad SMARTS) is 1. The van der Waals surface area contributed by atoms with Gasteiger partial charge < -0.3 is 14.7 Å². The Bertz CT molecular complexity index is 626. The van der Waals surface area contributed by atoms with Gasteiger partial charge in [0.1, 0.15) is 0 Å². The monoisotopic (exact) mass is 336 g/mol. The van der Waals surface area contributed by atoms with E-state index in [0.717, 1.165) is 12.1 Å². The number of likely N-dealkylation sites (tertiary alicyclic amines) is 1. The van der Waals surface area contributed by atoms with E-state index in [1.807, 2.05) is 13.8 Å². The maximum absolute atomic E-state index is 12.5. The van der Waals surface area contributed by atoms with Crippen LogP contribution in [0.25, 0.3) is 0 Å². The van der Waals surface area contributed by atoms with Crippen molar-refractivity contribution in [3.63, 3.8) is 0 Å². The van der Waals surface area contributed by atoms with Crippen molar-refractivity contribution in [1.29, 1.82) is 0 Å². The van der Waals surface area contributed by atoms with Crippen molar-refractivity contribution in [2.24, 2.45) is 5.92 Å². The number of hydrogen-bond acceptors (Lipinski definition) is 5. The van der Waals surface area contributed by atoms with Gasteiger partial charge in [-0.3, -0.25) is 14.9 Å². The molecule has 1 heterocycles. The number of ether oxygens (including phenoxy) is 1. The van der Waals surface area contributed by atoms with Crippen LogP contribution in [0.1, 0.15) is 41.0 Å². The molecule has 0 aromatic heterocycles. The van der Waals surface area contributed by atoms with E-state index >= 15 is 0 Å². The number of carbonyl (C=O) groups is 2. The predicted molar refractivity (Wildman–Crippen MR) is 85.2 cm³/mol. The molecular weight excluding hydrogens is 316 g/mol. The van der Waals surface area contributed by atoms with E-state index in [9.17, 15) is 19.7 Å². The Morgan fingerprint density at radius 1 is 1.38 bits per heavy atom. The third kappa shape index (κ3) is 4.29. The first kappa shape index (κ1) is 17.9. The minimum Gasteiger partial charge on any atom is -0.478 e. The van der Waals surface area contributed by atoms with Gasteiger partial charge in [-0.05, 0) is 18.4 Å². The van der Waals surface area contributed by atoms with Crippen LogP contribution in [0.5, 0.6) is 0 Å². The van der Waals surface area contributed by atoms with E-state index < -0.39 is 22.5 Å². The predicted octanol–water partition coefficient (Wildman–Crippen LogP) is 2.18. The molecule has 1 aliphatic heterocycles. The van der Waals surface area contributed by atoms with Crippen LogP contribution in [-0.2, 0) is 4.74 Å². The molecule has 2 rings (SSSR count). The Hall–Kier alpha value is -2.48. The van der Waals surface area contributed by atoms with Gasteiger partial charge in [0.05, 0.1) is 16.6 Å². The standard InChI is InChI=1S/C16H20N2O6/c1-10(2)9-24-14-3-4-17(8-14)15(19)11-5-12(16(20)21)7-13(6-11)18(22)23/h5-7,10,14H,3-4,8-9H2,1-2H3,(H,20,21). The summed E-state index contributed by atoms with van der Waals surface area (Å²) in [4.78, 5) is 35.4. The molecule has 1 aromatic rings. The molecule has 0 bridgehead atoms. The van der Waals surface area contributed by atoms with Crippen LogP contribution in [0.2, 0.25) is 0 Å². The van der Waals surface area contributed by atoms with Crippen molar-refractivity contribution in [3.05, 3.63) is 39.4 Å². The third-order valence-electron chi connectivity index (χ3n) is 3.72. The molecule has 1 aromatic carbocycles. The van der Waals surface area contributed by atoms with Crippen molar-refractivity contribution in [2.45, 2.75) is 26.4 Å². The number of benzene rings is 1. The first-order chi connectivity index (χ1) is 11.3. The first-order valence-corrected chi connectivity index (χ1v) is 7.71. The highest BCUT2D eigenvalue weighted by molar-refractivity contribution is 5.98. The fourth-order valence-corrected chi connectivity index (χ4v) is 2.52. The molecule has 1 atom stereocenters. The molecule has 1 unspecified atom stereocenters. The van der Waals surface area contributed by atoms with E-state index in [2.05, 4.69) is 0 Å². The Morgan fingerprint density at radius 2 is 2.04 bits per heavy atom. The lowest BCUT2D eigenvalue weighted by molar-refractivity contribution is -0.384. The summed E-state index contributed by atoms with van der Waals surface area (Å²) >= 11 is 0. The summed E-state index contributed by atoms with van der Waals surface area (Å²) in [5, 5.41) is 20.0. The summed E-state index contributed by atoms with van der Waals surface area (Å²) in [7, 11) is 0. The number of aromatic carboxylic acids is 1. The second kappa shape index (κ2) is 7.39. The molecule has 0 radical (unpaired) electrons. The number of rotatable bonds is 6. The van der Waals surface area contributed by atoms with Gasteiger partial charge in [0.25, 0.3) is 11.6 Å². The van der Waals surface area contributed by atoms with Crippen LogP contribution in [0.3, 0.4) is 0 Å². The van der Waals surface area contributed by atoms with E-state index in [1.165, 1.54) is 11.0 Å². The molecule has 8 nitrogen and oxygen atoms in total. The average molecular weight is 336 g/mol. The molecule has 8 heteroatoms. The number of carbonyl (C=O) groups excluding carboxylic acids is 1. The molecule has 0 aliphatic carbocycles. The fraction of sp³-hybridized carbons (Fsp3) is 0.500. The highest BCUT2D eigenvalue weighted by atomic mass is 16.6. The minimum absolute atomic E-state index is 0.00566. The molecule has 0 spiro atoms. The molecule has 1 fully saturated rings. The van der Waals surface area contributed by atoms with Crippen LogP contribution in [0, 0.1) is 16.0 Å². The van der Waals surface area contributed by atoms with E-state index in [4.69, 9.17) is 9.84 Å². The molecule has 1 aliphatic rings.